The minimum Gasteiger partial charge on any atom is -0.310 e. The van der Waals surface area contributed by atoms with Crippen LogP contribution in [0.15, 0.2) is 352 Å². The summed E-state index contributed by atoms with van der Waals surface area (Å²) in [6.07, 6.45) is 3.60. The summed E-state index contributed by atoms with van der Waals surface area (Å²) < 4.78 is 0. The van der Waals surface area contributed by atoms with Crippen molar-refractivity contribution in [2.24, 2.45) is 0 Å². The van der Waals surface area contributed by atoms with Crippen LogP contribution in [0.25, 0.3) is 76.4 Å². The SMILES string of the molecule is c1ccc(N(c2ccc(N(c3ccc(-c4ccc(-c5ccc(N(c6ccc(N(c7ccccc7)c7cccc8ccccc78)cc6)c6cccc7ccccc67)cc5)c5nccnc45)cc3)c3cccc4ccccc34)cc2)c2cccc3ccccc23)cc1. The lowest BCUT2D eigenvalue weighted by Crippen LogP contribution is -2.12. The maximum Gasteiger partial charge on any atom is 0.0971 e. The first-order valence-corrected chi connectivity index (χ1v) is 30.5. The van der Waals surface area contributed by atoms with Crippen LogP contribution in [0.1, 0.15) is 0 Å². The van der Waals surface area contributed by atoms with Gasteiger partial charge in [0.25, 0.3) is 0 Å². The molecule has 6 heteroatoms. The van der Waals surface area contributed by atoms with Gasteiger partial charge in [0.1, 0.15) is 0 Å². The Morgan fingerprint density at radius 1 is 0.178 bits per heavy atom. The average molecular weight is 1150 g/mol. The third kappa shape index (κ3) is 9.85. The Hall–Kier alpha value is -12.1. The van der Waals surface area contributed by atoms with Crippen LogP contribution in [-0.4, -0.2) is 9.97 Å². The highest BCUT2D eigenvalue weighted by Crippen LogP contribution is 2.47. The number of anilines is 12. The molecule has 0 fully saturated rings. The standard InChI is InChI=1S/C84H58N6/c1-3-27-65(28-4-1)87(79-35-15-23-59-19-7-11-31-73(59)79)69-47-51-71(52-48-69)89(81-37-17-25-61-21-9-13-33-75(61)81)67-43-39-63(40-44-67)77-55-56-78(84-83(77)85-57-58-86-84)64-41-45-68(46-42-64)90(82-38-18-26-62-22-10-14-34-76(62)82)72-53-49-70(50-54-72)88(66-29-5-2-6-30-66)80-36-16-24-60-20-8-12-32-74(60)80/h1-58H. The van der Waals surface area contributed by atoms with Crippen LogP contribution in [0.2, 0.25) is 0 Å². The van der Waals surface area contributed by atoms with Gasteiger partial charge in [-0.3, -0.25) is 9.97 Å². The maximum absolute atomic E-state index is 5.05. The summed E-state index contributed by atoms with van der Waals surface area (Å²) in [4.78, 5) is 19.5. The van der Waals surface area contributed by atoms with Crippen molar-refractivity contribution in [1.82, 2.24) is 9.97 Å². The average Bonchev–Trinajstić information content (AvgIpc) is 1.20. The number of nitrogens with zero attached hydrogens (tertiary/aromatic N) is 6. The molecule has 424 valence electrons. The van der Waals surface area contributed by atoms with Gasteiger partial charge in [-0.2, -0.15) is 0 Å². The molecule has 0 aliphatic rings. The molecule has 16 rings (SSSR count). The summed E-state index contributed by atoms with van der Waals surface area (Å²) in [5.41, 5.74) is 18.7. The number of benzene rings is 15. The van der Waals surface area contributed by atoms with Crippen molar-refractivity contribution < 1.29 is 0 Å². The highest BCUT2D eigenvalue weighted by Gasteiger charge is 2.23. The van der Waals surface area contributed by atoms with Crippen LogP contribution in [0.4, 0.5) is 68.2 Å². The molecular weight excluding hydrogens is 1090 g/mol. The first-order valence-electron chi connectivity index (χ1n) is 30.5. The summed E-state index contributed by atoms with van der Waals surface area (Å²) in [6, 6.07) is 122. The van der Waals surface area contributed by atoms with Crippen molar-refractivity contribution in [2.45, 2.75) is 0 Å². The van der Waals surface area contributed by atoms with Crippen molar-refractivity contribution in [3.63, 3.8) is 0 Å². The van der Waals surface area contributed by atoms with E-state index in [2.05, 4.69) is 359 Å². The largest absolute Gasteiger partial charge is 0.310 e. The number of aromatic nitrogens is 2. The smallest absolute Gasteiger partial charge is 0.0971 e. The molecule has 0 unspecified atom stereocenters. The Morgan fingerprint density at radius 3 is 0.678 bits per heavy atom. The molecule has 0 spiro atoms. The second-order valence-corrected chi connectivity index (χ2v) is 22.5. The Morgan fingerprint density at radius 2 is 0.400 bits per heavy atom. The Bertz CT molecular complexity index is 4900. The van der Waals surface area contributed by atoms with E-state index in [0.717, 1.165) is 102 Å². The molecule has 1 heterocycles. The van der Waals surface area contributed by atoms with E-state index in [1.54, 1.807) is 12.4 Å². The fourth-order valence-corrected chi connectivity index (χ4v) is 13.1. The number of para-hydroxylation sites is 2. The predicted molar refractivity (Wildman–Crippen MR) is 379 cm³/mol. The van der Waals surface area contributed by atoms with Crippen LogP contribution >= 0.6 is 0 Å². The summed E-state index contributed by atoms with van der Waals surface area (Å²) in [7, 11) is 0. The van der Waals surface area contributed by atoms with E-state index < -0.39 is 0 Å². The molecule has 0 amide bonds. The lowest BCUT2D eigenvalue weighted by molar-refractivity contribution is 1.27. The normalized spacial score (nSPS) is 11.3. The minimum atomic E-state index is 0.841. The molecule has 90 heavy (non-hydrogen) atoms. The lowest BCUT2D eigenvalue weighted by Gasteiger charge is -2.29. The van der Waals surface area contributed by atoms with E-state index in [-0.39, 0.29) is 0 Å². The molecule has 0 aliphatic carbocycles. The fourth-order valence-electron chi connectivity index (χ4n) is 13.1. The second kappa shape index (κ2) is 23.3. The van der Waals surface area contributed by atoms with Crippen molar-refractivity contribution in [1.29, 1.82) is 0 Å². The molecular formula is C84H58N6. The molecule has 0 N–H and O–H groups in total. The zero-order valence-electron chi connectivity index (χ0n) is 49.2. The highest BCUT2D eigenvalue weighted by atomic mass is 15.2. The van der Waals surface area contributed by atoms with Crippen LogP contribution in [0, 0.1) is 0 Å². The first-order chi connectivity index (χ1) is 44.7. The van der Waals surface area contributed by atoms with Crippen LogP contribution in [0.3, 0.4) is 0 Å². The topological polar surface area (TPSA) is 38.7 Å². The molecule has 0 bridgehead atoms. The van der Waals surface area contributed by atoms with E-state index in [9.17, 15) is 0 Å². The molecule has 0 atom stereocenters. The Labute approximate surface area is 523 Å². The first kappa shape index (κ1) is 53.4. The van der Waals surface area contributed by atoms with Gasteiger partial charge in [0.05, 0.1) is 33.8 Å². The van der Waals surface area contributed by atoms with Crippen molar-refractivity contribution >= 4 is 122 Å². The van der Waals surface area contributed by atoms with Crippen molar-refractivity contribution in [3.05, 3.63) is 352 Å². The molecule has 0 radical (unpaired) electrons. The van der Waals surface area contributed by atoms with Gasteiger partial charge < -0.3 is 19.6 Å². The number of fused-ring (bicyclic) bond motifs is 5. The van der Waals surface area contributed by atoms with Crippen molar-refractivity contribution in [2.75, 3.05) is 19.6 Å². The zero-order valence-corrected chi connectivity index (χ0v) is 49.2. The summed E-state index contributed by atoms with van der Waals surface area (Å²) >= 11 is 0. The number of hydrogen-bond acceptors (Lipinski definition) is 6. The van der Waals surface area contributed by atoms with Crippen LogP contribution < -0.4 is 19.6 Å². The van der Waals surface area contributed by atoms with Gasteiger partial charge in [-0.25, -0.2) is 0 Å². The lowest BCUT2D eigenvalue weighted by atomic mass is 9.96. The minimum absolute atomic E-state index is 0.841. The monoisotopic (exact) mass is 1150 g/mol. The van der Waals surface area contributed by atoms with Gasteiger partial charge in [0.15, 0.2) is 0 Å². The molecule has 0 saturated heterocycles. The molecule has 0 saturated carbocycles. The number of hydrogen-bond donors (Lipinski definition) is 0. The van der Waals surface area contributed by atoms with Crippen LogP contribution in [-0.2, 0) is 0 Å². The summed E-state index contributed by atoms with van der Waals surface area (Å²) in [5, 5.41) is 9.46. The zero-order chi connectivity index (χ0) is 59.7. The molecule has 0 aliphatic heterocycles. The predicted octanol–water partition coefficient (Wildman–Crippen LogP) is 23.5. The third-order valence-corrected chi connectivity index (χ3v) is 17.3. The fraction of sp³-hybridized carbons (Fsp3) is 0. The van der Waals surface area contributed by atoms with Gasteiger partial charge in [-0.05, 0) is 154 Å². The van der Waals surface area contributed by atoms with E-state index in [1.807, 2.05) is 0 Å². The summed E-state index contributed by atoms with van der Waals surface area (Å²) in [6.45, 7) is 0. The molecule has 15 aromatic carbocycles. The van der Waals surface area contributed by atoms with E-state index >= 15 is 0 Å². The van der Waals surface area contributed by atoms with Gasteiger partial charge in [-0.15, -0.1) is 0 Å². The van der Waals surface area contributed by atoms with Crippen LogP contribution in [0.5, 0.6) is 0 Å². The molecule has 16 aromatic rings. The third-order valence-electron chi connectivity index (χ3n) is 17.3. The van der Waals surface area contributed by atoms with Gasteiger partial charge in [0, 0.05) is 90.6 Å². The Balaban J connectivity index is 0.740. The highest BCUT2D eigenvalue weighted by molar-refractivity contribution is 6.05. The van der Waals surface area contributed by atoms with Crippen molar-refractivity contribution in [3.8, 4) is 22.3 Å². The maximum atomic E-state index is 5.05. The Kier molecular flexibility index (Phi) is 13.8. The molecule has 1 aromatic heterocycles. The van der Waals surface area contributed by atoms with E-state index in [0.29, 0.717) is 0 Å². The summed E-state index contributed by atoms with van der Waals surface area (Å²) in [5.74, 6) is 0. The number of rotatable bonds is 14. The van der Waals surface area contributed by atoms with Gasteiger partial charge >= 0.3 is 0 Å². The van der Waals surface area contributed by atoms with E-state index in [4.69, 9.17) is 9.97 Å². The van der Waals surface area contributed by atoms with Gasteiger partial charge in [-0.1, -0.05) is 218 Å². The second-order valence-electron chi connectivity index (χ2n) is 22.5. The van der Waals surface area contributed by atoms with Gasteiger partial charge in [0.2, 0.25) is 0 Å². The quantitative estimate of drug-likeness (QED) is 0.108. The van der Waals surface area contributed by atoms with E-state index in [1.165, 1.54) is 43.1 Å². The molecule has 6 nitrogen and oxygen atoms in total.